The van der Waals surface area contributed by atoms with Gasteiger partial charge < -0.3 is 69.6 Å². The van der Waals surface area contributed by atoms with E-state index in [1.165, 1.54) is 45.6 Å². The third-order valence-corrected chi connectivity index (χ3v) is 30.0. The molecule has 25 heteroatoms. The van der Waals surface area contributed by atoms with Crippen molar-refractivity contribution >= 4 is 47.5 Å². The second-order valence-corrected chi connectivity index (χ2v) is 54.2. The molecule has 7 aliphatic rings. The SMILES string of the molecule is CC1(C)CC(OC(=O)CCCCCCCCC(=O)OC2CC(C)(C)NC(C)(C)C2)CC(C)(C)N1.CN1C(C)(C)CC(OC(=O)CCCCCCCCC(=O)OC2CC(C)(C)N(C)C(C)(C)C2)CC1(C)C.COC1CC(C)(C)N(CCOC(=O)CCC(C)=O)C(C)(C)C1.Cc1nc(NC(C)(C)CC(C)(C)C)nc(N(CCCCCCN(C)C2CC(C)(C)NC(C)(C)C2)C2CC(C)(C)NC(C)(C)C2)n1. The molecule has 0 radical (unpaired) electrons. The van der Waals surface area contributed by atoms with E-state index in [1.54, 1.807) is 7.11 Å². The summed E-state index contributed by atoms with van der Waals surface area (Å²) in [7, 11) is 8.43. The number of piperidine rings is 7. The predicted molar refractivity (Wildman–Crippen MR) is 564 cm³/mol. The summed E-state index contributed by atoms with van der Waals surface area (Å²) < 4.78 is 34.1. The molecule has 7 fully saturated rings. The standard InChI is InChI=1S/C37H72N8.C30H56N2O4.C28H52N2O4.C17H31NO4/c1-27-38-30(41-37(13,14)26-32(2,3)4)40-31(39-27)45(29-24-35(9,10)43-36(11,12)25-29)21-19-17-16-18-20-44(15)28-22-33(5,6)42-34(7,8)23-28;1-27(2)19-23(20-28(3,4)31(27)9)35-25(33)17-15-13-11-12-14-16-18-26(34)36-24-21-29(5,6)32(10)30(7,8)22-24;1-25(2)17-21(18-26(3,4)29-25)33-23(31)15-13-11-9-10-12-14-16-24(32)34-22-19-27(5,6)30-28(7,8)20-22;1-13(19)7-8-15(20)22-10-9-18-16(2,3)11-14(21-6)12-17(18,4)5/h28-29,42-43H,16-26H2,1-15H3,(H,38,39,40,41);23-24H,11-22H2,1-10H3;21-22,29-30H,9-20H2,1-8H3;14H,7-12H2,1-6H3. The fourth-order valence-corrected chi connectivity index (χ4v) is 25.4. The third-order valence-electron chi connectivity index (χ3n) is 30.0. The average Bonchev–Trinajstić information content (AvgIpc) is 0.608. The van der Waals surface area contributed by atoms with Gasteiger partial charge in [0.15, 0.2) is 0 Å². The molecule has 0 spiro atoms. The number of nitrogens with one attached hydrogen (secondary N) is 5. The van der Waals surface area contributed by atoms with E-state index < -0.39 is 0 Å². The fourth-order valence-electron chi connectivity index (χ4n) is 25.4. The number of likely N-dealkylation sites (tertiary alicyclic amines) is 3. The number of rotatable bonds is 42. The van der Waals surface area contributed by atoms with Gasteiger partial charge >= 0.3 is 29.8 Å². The maximum Gasteiger partial charge on any atom is 0.306 e. The quantitative estimate of drug-likeness (QED) is 0.0231. The van der Waals surface area contributed by atoms with Crippen LogP contribution in [0.5, 0.6) is 0 Å². The molecule has 8 heterocycles. The molecular weight excluding hydrogens is 1720 g/mol. The number of Topliss-reactive ketones (excluding diaryl/α,β-unsaturated/α-hetero) is 1. The Morgan fingerprint density at radius 1 is 0.372 bits per heavy atom. The molecule has 0 amide bonds. The predicted octanol–water partition coefficient (Wildman–Crippen LogP) is 22.6. The highest BCUT2D eigenvalue weighted by atomic mass is 16.6. The van der Waals surface area contributed by atoms with Gasteiger partial charge in [-0.15, -0.1) is 0 Å². The number of aryl methyl sites for hydroxylation is 1. The van der Waals surface area contributed by atoms with Gasteiger partial charge in [-0.1, -0.05) is 85.0 Å². The summed E-state index contributed by atoms with van der Waals surface area (Å²) in [6.45, 7) is 80.8. The number of carbonyl (C=O) groups is 6. The lowest BCUT2D eigenvalue weighted by molar-refractivity contribution is -0.160. The fraction of sp³-hybridized carbons (Fsp3) is 0.920. The van der Waals surface area contributed by atoms with Crippen molar-refractivity contribution in [2.75, 3.05) is 64.7 Å². The number of esters is 5. The van der Waals surface area contributed by atoms with Gasteiger partial charge in [0.2, 0.25) is 11.9 Å². The monoisotopic (exact) mass is 1930 g/mol. The summed E-state index contributed by atoms with van der Waals surface area (Å²) in [5.74, 6) is 1.77. The number of hydrogen-bond donors (Lipinski definition) is 5. The van der Waals surface area contributed by atoms with Crippen molar-refractivity contribution in [1.29, 1.82) is 0 Å². The van der Waals surface area contributed by atoms with E-state index in [4.69, 9.17) is 43.4 Å². The maximum atomic E-state index is 12.4. The Bertz CT molecular complexity index is 3650. The summed E-state index contributed by atoms with van der Waals surface area (Å²) >= 11 is 0. The van der Waals surface area contributed by atoms with Crippen LogP contribution in [0, 0.1) is 12.3 Å². The Hall–Kier alpha value is -4.73. The second-order valence-electron chi connectivity index (χ2n) is 54.2. The third kappa shape index (κ3) is 45.2. The van der Waals surface area contributed by atoms with Crippen LogP contribution in [-0.4, -0.2) is 250 Å². The van der Waals surface area contributed by atoms with Crippen LogP contribution >= 0.6 is 0 Å². The highest BCUT2D eigenvalue weighted by molar-refractivity contribution is 5.81. The molecule has 7 aliphatic heterocycles. The van der Waals surface area contributed by atoms with Gasteiger partial charge in [-0.3, -0.25) is 38.7 Å². The summed E-state index contributed by atoms with van der Waals surface area (Å²) in [5.41, 5.74) is 0.588. The van der Waals surface area contributed by atoms with Crippen molar-refractivity contribution in [2.45, 2.75) is 606 Å². The number of aromatic nitrogens is 3. The Kier molecular flexibility index (Phi) is 45.6. The minimum atomic E-state index is -0.294. The zero-order valence-electron chi connectivity index (χ0n) is 95.5. The minimum absolute atomic E-state index is 0.000484. The van der Waals surface area contributed by atoms with Gasteiger partial charge in [0.1, 0.15) is 42.6 Å². The Balaban J connectivity index is 0.000000331. The van der Waals surface area contributed by atoms with E-state index in [0.717, 1.165) is 185 Å². The number of ether oxygens (including phenoxy) is 6. The molecule has 5 N–H and O–H groups in total. The van der Waals surface area contributed by atoms with Crippen LogP contribution in [0.3, 0.4) is 0 Å². The van der Waals surface area contributed by atoms with Crippen molar-refractivity contribution in [2.24, 2.45) is 5.41 Å². The first-order valence-corrected chi connectivity index (χ1v) is 53.8. The molecule has 1 aromatic heterocycles. The van der Waals surface area contributed by atoms with Crippen molar-refractivity contribution in [3.63, 3.8) is 0 Å². The molecule has 25 nitrogen and oxygen atoms in total. The van der Waals surface area contributed by atoms with Crippen LogP contribution < -0.4 is 31.5 Å². The number of carbonyl (C=O) groups excluding carboxylic acids is 6. The van der Waals surface area contributed by atoms with Crippen molar-refractivity contribution in [3.05, 3.63) is 5.82 Å². The van der Waals surface area contributed by atoms with Gasteiger partial charge in [0.05, 0.1) is 12.5 Å². The summed E-state index contributed by atoms with van der Waals surface area (Å²) in [5, 5.41) is 18.6. The first kappa shape index (κ1) is 123. The zero-order valence-corrected chi connectivity index (χ0v) is 95.5. The molecule has 796 valence electrons. The van der Waals surface area contributed by atoms with E-state index in [9.17, 15) is 28.8 Å². The molecule has 0 atom stereocenters. The van der Waals surface area contributed by atoms with Crippen LogP contribution in [0.25, 0.3) is 0 Å². The lowest BCUT2D eigenvalue weighted by Gasteiger charge is -2.55. The second kappa shape index (κ2) is 50.9. The van der Waals surface area contributed by atoms with Gasteiger partial charge in [0.25, 0.3) is 0 Å². The molecule has 0 aromatic carbocycles. The normalized spacial score (nSPS) is 23.0. The molecule has 0 saturated carbocycles. The zero-order chi connectivity index (χ0) is 104. The minimum Gasteiger partial charge on any atom is -0.464 e. The molecule has 7 saturated heterocycles. The summed E-state index contributed by atoms with van der Waals surface area (Å²) in [6.07, 6.45) is 34.0. The van der Waals surface area contributed by atoms with Crippen LogP contribution in [0.4, 0.5) is 11.9 Å². The summed E-state index contributed by atoms with van der Waals surface area (Å²) in [6, 6.07) is 1.01. The topological polar surface area (TPSA) is 273 Å². The van der Waals surface area contributed by atoms with Crippen molar-refractivity contribution < 1.29 is 57.2 Å². The van der Waals surface area contributed by atoms with Crippen molar-refractivity contribution in [3.8, 4) is 0 Å². The van der Waals surface area contributed by atoms with Crippen LogP contribution in [0.2, 0.25) is 0 Å². The van der Waals surface area contributed by atoms with Crippen LogP contribution in [0.15, 0.2) is 0 Å². The van der Waals surface area contributed by atoms with E-state index in [0.29, 0.717) is 56.9 Å². The number of hydrogen-bond acceptors (Lipinski definition) is 25. The lowest BCUT2D eigenvalue weighted by atomic mass is 9.78. The molecule has 1 aromatic rings. The number of unbranched alkanes of at least 4 members (excludes halogenated alkanes) is 13. The Morgan fingerprint density at radius 2 is 0.672 bits per heavy atom. The van der Waals surface area contributed by atoms with Gasteiger partial charge in [0, 0.05) is 199 Å². The number of nitrogens with zero attached hydrogens (tertiary/aromatic N) is 8. The lowest BCUT2D eigenvalue weighted by Crippen LogP contribution is -2.62. The molecule has 0 bridgehead atoms. The largest absolute Gasteiger partial charge is 0.464 e. The highest BCUT2D eigenvalue weighted by Gasteiger charge is 2.50. The summed E-state index contributed by atoms with van der Waals surface area (Å²) in [4.78, 5) is 99.0. The molecular formula is C112H211N13O12. The molecule has 137 heavy (non-hydrogen) atoms. The van der Waals surface area contributed by atoms with E-state index in [1.807, 2.05) is 6.92 Å². The molecule has 0 aliphatic carbocycles. The van der Waals surface area contributed by atoms with E-state index in [2.05, 4.69) is 301 Å². The van der Waals surface area contributed by atoms with Gasteiger partial charge in [-0.25, -0.2) is 0 Å². The molecule has 0 unspecified atom stereocenters. The van der Waals surface area contributed by atoms with Gasteiger partial charge in [-0.05, 0) is 338 Å². The Labute approximate surface area is 837 Å². The number of ketones is 1. The first-order chi connectivity index (χ1) is 62.5. The average molecular weight is 1930 g/mol. The maximum absolute atomic E-state index is 12.4. The Morgan fingerprint density at radius 3 is 1.00 bits per heavy atom. The number of anilines is 2. The van der Waals surface area contributed by atoms with E-state index >= 15 is 0 Å². The highest BCUT2D eigenvalue weighted by Crippen LogP contribution is 2.44. The van der Waals surface area contributed by atoms with Crippen LogP contribution in [-0.2, 0) is 57.2 Å². The first-order valence-electron chi connectivity index (χ1n) is 53.8. The van der Waals surface area contributed by atoms with Crippen molar-refractivity contribution in [1.82, 2.24) is 55.8 Å². The van der Waals surface area contributed by atoms with E-state index in [-0.39, 0.29) is 167 Å². The molecule has 8 rings (SSSR count). The van der Waals surface area contributed by atoms with Crippen LogP contribution in [0.1, 0.15) is 479 Å². The van der Waals surface area contributed by atoms with Gasteiger partial charge in [-0.2, -0.15) is 15.0 Å². The smallest absolute Gasteiger partial charge is 0.306 e. The number of methoxy groups -OCH3 is 1.